The lowest BCUT2D eigenvalue weighted by Crippen LogP contribution is -2.32. The summed E-state index contributed by atoms with van der Waals surface area (Å²) in [6.07, 6.45) is 0. The lowest BCUT2D eigenvalue weighted by molar-refractivity contribution is 0.0780. The number of aromatic nitrogens is 3. The Morgan fingerprint density at radius 1 is 1.24 bits per heavy atom. The molecular formula is C18H19FN4O2. The zero-order valence-electron chi connectivity index (χ0n) is 14.3. The number of nitrogens with one attached hydrogen (secondary N) is 2. The number of imidazole rings is 1. The number of aromatic amines is 2. The zero-order valence-corrected chi connectivity index (χ0v) is 14.3. The topological polar surface area (TPSA) is 81.8 Å². The molecule has 130 valence electrons. The van der Waals surface area contributed by atoms with Crippen LogP contribution >= 0.6 is 0 Å². The van der Waals surface area contributed by atoms with E-state index in [0.29, 0.717) is 16.9 Å². The fraction of sp³-hybridized carbons (Fsp3) is 0.278. The van der Waals surface area contributed by atoms with Gasteiger partial charge in [-0.25, -0.2) is 9.37 Å². The van der Waals surface area contributed by atoms with Gasteiger partial charge in [-0.3, -0.25) is 9.59 Å². The molecule has 0 bridgehead atoms. The second-order valence-electron chi connectivity index (χ2n) is 6.32. The number of fused-ring (bicyclic) bond motifs is 1. The molecule has 25 heavy (non-hydrogen) atoms. The average molecular weight is 342 g/mol. The third-order valence-corrected chi connectivity index (χ3v) is 4.01. The van der Waals surface area contributed by atoms with Gasteiger partial charge in [0.05, 0.1) is 17.6 Å². The molecule has 0 unspecified atom stereocenters. The number of carbonyl (C=O) groups excluding carboxylic acids is 1. The van der Waals surface area contributed by atoms with Gasteiger partial charge in [-0.05, 0) is 36.2 Å². The molecule has 2 aromatic heterocycles. The highest BCUT2D eigenvalue weighted by Gasteiger charge is 2.18. The molecule has 0 aliphatic heterocycles. The average Bonchev–Trinajstić information content (AvgIpc) is 2.95. The van der Waals surface area contributed by atoms with E-state index in [1.807, 2.05) is 13.8 Å². The Morgan fingerprint density at radius 2 is 2.00 bits per heavy atom. The van der Waals surface area contributed by atoms with Gasteiger partial charge >= 0.3 is 0 Å². The summed E-state index contributed by atoms with van der Waals surface area (Å²) in [6.45, 7) is 4.10. The quantitative estimate of drug-likeness (QED) is 0.765. The Morgan fingerprint density at radius 3 is 2.68 bits per heavy atom. The highest BCUT2D eigenvalue weighted by atomic mass is 19.1. The molecule has 0 atom stereocenters. The summed E-state index contributed by atoms with van der Waals surface area (Å²) < 4.78 is 13.2. The van der Waals surface area contributed by atoms with Crippen LogP contribution in [-0.2, 0) is 6.54 Å². The maximum absolute atomic E-state index is 13.2. The minimum atomic E-state index is -0.408. The molecule has 6 nitrogen and oxygen atoms in total. The lowest BCUT2D eigenvalue weighted by Gasteiger charge is -2.15. The smallest absolute Gasteiger partial charge is 0.261 e. The summed E-state index contributed by atoms with van der Waals surface area (Å²) in [7, 11) is 1.59. The lowest BCUT2D eigenvalue weighted by atomic mass is 10.1. The van der Waals surface area contributed by atoms with Crippen LogP contribution < -0.4 is 5.56 Å². The van der Waals surface area contributed by atoms with Crippen LogP contribution in [0.15, 0.2) is 35.1 Å². The molecule has 0 radical (unpaired) electrons. The molecule has 1 aromatic carbocycles. The Bertz CT molecular complexity index is 990. The van der Waals surface area contributed by atoms with Crippen molar-refractivity contribution in [3.8, 4) is 0 Å². The number of hydrogen-bond donors (Lipinski definition) is 2. The Labute approximate surface area is 143 Å². The molecule has 0 aliphatic rings. The van der Waals surface area contributed by atoms with E-state index in [1.54, 1.807) is 25.2 Å². The predicted molar refractivity (Wildman–Crippen MR) is 93.0 cm³/mol. The molecule has 2 N–H and O–H groups in total. The van der Waals surface area contributed by atoms with Gasteiger partial charge in [0, 0.05) is 12.7 Å². The van der Waals surface area contributed by atoms with E-state index in [0.717, 1.165) is 5.69 Å². The van der Waals surface area contributed by atoms with Crippen molar-refractivity contribution in [2.24, 2.45) is 0 Å². The van der Waals surface area contributed by atoms with Crippen molar-refractivity contribution >= 4 is 16.9 Å². The number of amides is 1. The molecular weight excluding hydrogens is 323 g/mol. The van der Waals surface area contributed by atoms with Crippen molar-refractivity contribution in [2.75, 3.05) is 7.05 Å². The van der Waals surface area contributed by atoms with Gasteiger partial charge in [-0.15, -0.1) is 0 Å². The second-order valence-corrected chi connectivity index (χ2v) is 6.32. The van der Waals surface area contributed by atoms with Gasteiger partial charge < -0.3 is 14.9 Å². The van der Waals surface area contributed by atoms with Crippen LogP contribution in [0, 0.1) is 5.82 Å². The Kier molecular flexibility index (Phi) is 4.39. The zero-order chi connectivity index (χ0) is 18.1. The molecule has 0 saturated carbocycles. The van der Waals surface area contributed by atoms with E-state index < -0.39 is 11.5 Å². The minimum Gasteiger partial charge on any atom is -0.340 e. The van der Waals surface area contributed by atoms with Crippen LogP contribution in [0.4, 0.5) is 4.39 Å². The number of hydrogen-bond acceptors (Lipinski definition) is 3. The van der Waals surface area contributed by atoms with E-state index in [9.17, 15) is 14.0 Å². The van der Waals surface area contributed by atoms with Gasteiger partial charge in [-0.1, -0.05) is 13.8 Å². The van der Waals surface area contributed by atoms with Crippen molar-refractivity contribution in [1.29, 1.82) is 0 Å². The van der Waals surface area contributed by atoms with Crippen LogP contribution in [0.2, 0.25) is 0 Å². The van der Waals surface area contributed by atoms with Gasteiger partial charge in [0.15, 0.2) is 0 Å². The molecule has 3 rings (SSSR count). The van der Waals surface area contributed by atoms with Gasteiger partial charge in [-0.2, -0.15) is 0 Å². The van der Waals surface area contributed by atoms with Crippen LogP contribution in [0.1, 0.15) is 41.6 Å². The molecule has 7 heteroatoms. The van der Waals surface area contributed by atoms with Crippen LogP contribution in [-0.4, -0.2) is 32.8 Å². The number of carbonyl (C=O) groups is 1. The highest BCUT2D eigenvalue weighted by molar-refractivity contribution is 5.93. The number of H-pyrrole nitrogens is 2. The molecule has 0 fully saturated rings. The molecule has 0 spiro atoms. The number of benzene rings is 1. The normalized spacial score (nSPS) is 11.2. The van der Waals surface area contributed by atoms with Crippen molar-refractivity contribution in [2.45, 2.75) is 26.3 Å². The molecule has 0 saturated heterocycles. The maximum atomic E-state index is 13.2. The molecule has 3 aromatic rings. The number of halogens is 1. The fourth-order valence-corrected chi connectivity index (χ4v) is 2.61. The maximum Gasteiger partial charge on any atom is 0.261 e. The van der Waals surface area contributed by atoms with Crippen molar-refractivity contribution in [3.63, 3.8) is 0 Å². The first-order chi connectivity index (χ1) is 11.8. The van der Waals surface area contributed by atoms with Crippen LogP contribution in [0.25, 0.3) is 11.0 Å². The standard InChI is InChI=1S/C18H19FN4O2/c1-10(2)13-7-5-12(17(24)22-13)18(25)23(3)9-16-20-14-6-4-11(19)8-15(14)21-16/h4-8,10H,9H2,1-3H3,(H,20,21)(H,22,24). The first-order valence-electron chi connectivity index (χ1n) is 7.98. The molecule has 0 aliphatic carbocycles. The Hall–Kier alpha value is -2.96. The summed E-state index contributed by atoms with van der Waals surface area (Å²) in [6, 6.07) is 7.54. The first-order valence-corrected chi connectivity index (χ1v) is 7.98. The van der Waals surface area contributed by atoms with Crippen LogP contribution in [0.5, 0.6) is 0 Å². The number of pyridine rings is 1. The van der Waals surface area contributed by atoms with E-state index in [-0.39, 0.29) is 23.8 Å². The van der Waals surface area contributed by atoms with Crippen molar-refractivity contribution in [1.82, 2.24) is 19.9 Å². The fourth-order valence-electron chi connectivity index (χ4n) is 2.61. The van der Waals surface area contributed by atoms with Crippen LogP contribution in [0.3, 0.4) is 0 Å². The minimum absolute atomic E-state index is 0.0778. The van der Waals surface area contributed by atoms with E-state index in [4.69, 9.17) is 0 Å². The number of nitrogens with zero attached hydrogens (tertiary/aromatic N) is 2. The van der Waals surface area contributed by atoms with Gasteiger partial charge in [0.1, 0.15) is 17.2 Å². The molecule has 2 heterocycles. The second kappa shape index (κ2) is 6.51. The summed E-state index contributed by atoms with van der Waals surface area (Å²) >= 11 is 0. The monoisotopic (exact) mass is 342 g/mol. The van der Waals surface area contributed by atoms with Gasteiger partial charge in [0.25, 0.3) is 11.5 Å². The predicted octanol–water partition coefficient (Wildman–Crippen LogP) is 2.79. The van der Waals surface area contributed by atoms with E-state index >= 15 is 0 Å². The highest BCUT2D eigenvalue weighted by Crippen LogP contribution is 2.14. The summed E-state index contributed by atoms with van der Waals surface area (Å²) in [5, 5.41) is 0. The summed E-state index contributed by atoms with van der Waals surface area (Å²) in [4.78, 5) is 36.1. The third-order valence-electron chi connectivity index (χ3n) is 4.01. The number of rotatable bonds is 4. The largest absolute Gasteiger partial charge is 0.340 e. The van der Waals surface area contributed by atoms with E-state index in [1.165, 1.54) is 17.0 Å². The van der Waals surface area contributed by atoms with Crippen molar-refractivity contribution in [3.05, 3.63) is 63.6 Å². The SMILES string of the molecule is CC(C)c1ccc(C(=O)N(C)Cc2nc3ccc(F)cc3[nH]2)c(=O)[nH]1. The molecule has 1 amide bonds. The first kappa shape index (κ1) is 16.9. The third kappa shape index (κ3) is 3.45. The summed E-state index contributed by atoms with van der Waals surface area (Å²) in [5.74, 6) is -0.0655. The Balaban J connectivity index is 1.81. The summed E-state index contributed by atoms with van der Waals surface area (Å²) in [5.41, 5.74) is 1.64. The van der Waals surface area contributed by atoms with Crippen molar-refractivity contribution < 1.29 is 9.18 Å². The van der Waals surface area contributed by atoms with E-state index in [2.05, 4.69) is 15.0 Å². The van der Waals surface area contributed by atoms with Gasteiger partial charge in [0.2, 0.25) is 0 Å².